The van der Waals surface area contributed by atoms with E-state index in [9.17, 15) is 5.11 Å². The molecule has 0 aromatic heterocycles. The second kappa shape index (κ2) is 7.07. The topological polar surface area (TPSA) is 60.1 Å². The number of aliphatic hydroxyl groups is 1. The van der Waals surface area contributed by atoms with Crippen molar-refractivity contribution in [3.8, 4) is 0 Å². The zero-order valence-electron chi connectivity index (χ0n) is 16.8. The maximum absolute atomic E-state index is 10.8. The van der Waals surface area contributed by atoms with Crippen LogP contribution in [-0.2, 0) is 4.84 Å². The lowest BCUT2D eigenvalue weighted by Gasteiger charge is -2.28. The third kappa shape index (κ3) is 3.03. The molecule has 4 atom stereocenters. The van der Waals surface area contributed by atoms with Crippen molar-refractivity contribution >= 4 is 34.4 Å². The first kappa shape index (κ1) is 18.8. The number of hydrogen-bond donors (Lipinski definition) is 2. The van der Waals surface area contributed by atoms with Crippen LogP contribution in [0.4, 0.5) is 17.1 Å². The predicted molar refractivity (Wildman–Crippen MR) is 122 cm³/mol. The van der Waals surface area contributed by atoms with Gasteiger partial charge in [0.1, 0.15) is 6.04 Å². The zero-order chi connectivity index (χ0) is 21.1. The van der Waals surface area contributed by atoms with Gasteiger partial charge in [0.05, 0.1) is 34.9 Å². The molecule has 6 nitrogen and oxygen atoms in total. The number of aliphatic imine (C=N–C) groups is 1. The van der Waals surface area contributed by atoms with Crippen molar-refractivity contribution in [3.05, 3.63) is 88.9 Å². The fourth-order valence-corrected chi connectivity index (χ4v) is 4.74. The molecular weight excluding hydrogens is 412 g/mol. The highest BCUT2D eigenvalue weighted by Crippen LogP contribution is 2.54. The number of halogens is 1. The average molecular weight is 433 g/mol. The Hall–Kier alpha value is -2.90. The number of nitrogens with one attached hydrogen (secondary N) is 1. The Labute approximate surface area is 185 Å². The number of rotatable bonds is 3. The molecule has 0 saturated carbocycles. The molecule has 7 heteroatoms. The van der Waals surface area contributed by atoms with E-state index in [0.717, 1.165) is 22.8 Å². The lowest BCUT2D eigenvalue weighted by atomic mass is 10.0. The predicted octanol–water partition coefficient (Wildman–Crippen LogP) is 4.31. The van der Waals surface area contributed by atoms with Gasteiger partial charge in [0.15, 0.2) is 0 Å². The van der Waals surface area contributed by atoms with Crippen LogP contribution in [0.15, 0.2) is 77.8 Å². The lowest BCUT2D eigenvalue weighted by Crippen LogP contribution is -2.48. The van der Waals surface area contributed by atoms with E-state index in [1.54, 1.807) is 0 Å². The molecule has 4 unspecified atom stereocenters. The van der Waals surface area contributed by atoms with Crippen LogP contribution in [0.3, 0.4) is 0 Å². The van der Waals surface area contributed by atoms with Crippen molar-refractivity contribution in [1.82, 2.24) is 5.59 Å². The maximum Gasteiger partial charge on any atom is 0.204 e. The van der Waals surface area contributed by atoms with E-state index >= 15 is 0 Å². The normalized spacial score (nSPS) is 26.4. The Morgan fingerprint density at radius 1 is 0.935 bits per heavy atom. The first-order valence-electron chi connectivity index (χ1n) is 10.3. The molecule has 3 aliphatic heterocycles. The van der Waals surface area contributed by atoms with Crippen molar-refractivity contribution in [3.63, 3.8) is 0 Å². The summed E-state index contributed by atoms with van der Waals surface area (Å²) < 4.78 is 0. The molecule has 0 bridgehead atoms. The second-order valence-corrected chi connectivity index (χ2v) is 8.56. The average Bonchev–Trinajstić information content (AvgIpc) is 3.42. The van der Waals surface area contributed by atoms with Gasteiger partial charge in [0, 0.05) is 5.02 Å². The largest absolute Gasteiger partial charge is 0.365 e. The van der Waals surface area contributed by atoms with Gasteiger partial charge >= 0.3 is 0 Å². The Morgan fingerprint density at radius 2 is 1.68 bits per heavy atom. The summed E-state index contributed by atoms with van der Waals surface area (Å²) in [7, 11) is 0. The number of nitrogens with zero attached hydrogens (tertiary/aromatic N) is 3. The van der Waals surface area contributed by atoms with Crippen molar-refractivity contribution in [2.45, 2.75) is 31.3 Å². The smallest absolute Gasteiger partial charge is 0.204 e. The summed E-state index contributed by atoms with van der Waals surface area (Å²) in [6, 6.07) is 23.9. The van der Waals surface area contributed by atoms with Gasteiger partial charge in [-0.25, -0.2) is 4.84 Å². The molecule has 0 aliphatic carbocycles. The summed E-state index contributed by atoms with van der Waals surface area (Å²) in [5.74, 6) is 0. The highest BCUT2D eigenvalue weighted by molar-refractivity contribution is 6.30. The first-order valence-corrected chi connectivity index (χ1v) is 10.7. The summed E-state index contributed by atoms with van der Waals surface area (Å²) in [6.07, 6.45) is -1.04. The van der Waals surface area contributed by atoms with Crippen molar-refractivity contribution in [1.29, 1.82) is 0 Å². The van der Waals surface area contributed by atoms with Gasteiger partial charge in [-0.2, -0.15) is 0 Å². The van der Waals surface area contributed by atoms with E-state index in [0.29, 0.717) is 5.02 Å². The van der Waals surface area contributed by atoms with E-state index in [1.165, 1.54) is 11.1 Å². The molecule has 2 N–H and O–H groups in total. The minimum absolute atomic E-state index is 0.0344. The van der Waals surface area contributed by atoms with Gasteiger partial charge in [-0.1, -0.05) is 53.6 Å². The molecule has 0 radical (unpaired) electrons. The Morgan fingerprint density at radius 3 is 2.45 bits per heavy atom. The van der Waals surface area contributed by atoms with Crippen LogP contribution >= 0.6 is 11.6 Å². The Balaban J connectivity index is 1.43. The molecular formula is C24H21ClN4O2. The van der Waals surface area contributed by atoms with Crippen molar-refractivity contribution in [2.24, 2.45) is 4.99 Å². The number of para-hydroxylation sites is 2. The Kier molecular flexibility index (Phi) is 4.30. The van der Waals surface area contributed by atoms with Crippen LogP contribution in [0.2, 0.25) is 5.02 Å². The minimum atomic E-state index is -1.04. The fourth-order valence-electron chi connectivity index (χ4n) is 4.62. The highest BCUT2D eigenvalue weighted by atomic mass is 35.5. The van der Waals surface area contributed by atoms with E-state index in [-0.39, 0.29) is 12.1 Å². The summed E-state index contributed by atoms with van der Waals surface area (Å²) in [6.45, 7) is 2.05. The molecule has 0 amide bonds. The standard InChI is InChI=1S/C24H21ClN4O2/c1-14-6-12-17(13-7-14)29-23(24(30)31-27-29)20-22-21(15-8-10-16(25)11-9-15)28(22)19-5-3-2-4-18(19)26-20/h2-13,21-24,27,30H,1H3. The molecule has 156 valence electrons. The first-order chi connectivity index (χ1) is 15.1. The van der Waals surface area contributed by atoms with Crippen LogP contribution in [-0.4, -0.2) is 29.2 Å². The van der Waals surface area contributed by atoms with Gasteiger partial charge in [0.2, 0.25) is 6.29 Å². The number of benzene rings is 3. The lowest BCUT2D eigenvalue weighted by molar-refractivity contribution is -0.100. The number of anilines is 2. The molecule has 6 rings (SSSR count). The minimum Gasteiger partial charge on any atom is -0.365 e. The van der Waals surface area contributed by atoms with Gasteiger partial charge in [-0.05, 0) is 48.9 Å². The van der Waals surface area contributed by atoms with Crippen LogP contribution in [0.1, 0.15) is 17.2 Å². The monoisotopic (exact) mass is 432 g/mol. The summed E-state index contributed by atoms with van der Waals surface area (Å²) in [5.41, 5.74) is 8.99. The molecule has 3 heterocycles. The van der Waals surface area contributed by atoms with Crippen molar-refractivity contribution < 1.29 is 9.94 Å². The Bertz CT molecular complexity index is 1160. The van der Waals surface area contributed by atoms with E-state index in [4.69, 9.17) is 21.4 Å². The van der Waals surface area contributed by atoms with Crippen LogP contribution in [0, 0.1) is 6.92 Å². The number of fused-ring (bicyclic) bond motifs is 3. The van der Waals surface area contributed by atoms with E-state index in [2.05, 4.69) is 28.7 Å². The third-order valence-electron chi connectivity index (χ3n) is 6.17. The van der Waals surface area contributed by atoms with Crippen LogP contribution in [0.5, 0.6) is 0 Å². The number of hydrogen-bond acceptors (Lipinski definition) is 6. The van der Waals surface area contributed by atoms with Gasteiger partial charge in [0.25, 0.3) is 0 Å². The molecule has 3 aromatic carbocycles. The maximum atomic E-state index is 10.8. The highest BCUT2D eigenvalue weighted by Gasteiger charge is 2.58. The number of hydrazine groups is 1. The van der Waals surface area contributed by atoms with E-state index in [1.807, 2.05) is 66.5 Å². The second-order valence-electron chi connectivity index (χ2n) is 8.12. The number of aliphatic hydroxyl groups excluding tert-OH is 1. The quantitative estimate of drug-likeness (QED) is 0.604. The van der Waals surface area contributed by atoms with Crippen molar-refractivity contribution in [2.75, 3.05) is 9.91 Å². The third-order valence-corrected chi connectivity index (χ3v) is 6.42. The zero-order valence-corrected chi connectivity index (χ0v) is 17.6. The SMILES string of the molecule is Cc1ccc(N2NOC(O)C2C2=Nc3ccccc3N3C2C3c2ccc(Cl)cc2)cc1. The fraction of sp³-hybridized carbons (Fsp3) is 0.208. The van der Waals surface area contributed by atoms with Crippen LogP contribution < -0.4 is 15.5 Å². The van der Waals surface area contributed by atoms with E-state index < -0.39 is 12.3 Å². The van der Waals surface area contributed by atoms with Gasteiger partial charge < -0.3 is 10.0 Å². The molecule has 31 heavy (non-hydrogen) atoms. The van der Waals surface area contributed by atoms with Crippen LogP contribution in [0.25, 0.3) is 0 Å². The molecule has 0 spiro atoms. The summed E-state index contributed by atoms with van der Waals surface area (Å²) in [5, 5.41) is 13.3. The van der Waals surface area contributed by atoms with Gasteiger partial charge in [-0.3, -0.25) is 10.0 Å². The number of aryl methyl sites for hydroxylation is 1. The molecule has 3 aromatic rings. The van der Waals surface area contributed by atoms with Gasteiger partial charge in [-0.15, -0.1) is 5.59 Å². The summed E-state index contributed by atoms with van der Waals surface area (Å²) in [4.78, 5) is 12.8. The summed E-state index contributed by atoms with van der Waals surface area (Å²) >= 11 is 6.12. The molecule has 2 saturated heterocycles. The molecule has 2 fully saturated rings. The molecule has 3 aliphatic rings.